The van der Waals surface area contributed by atoms with Gasteiger partial charge in [0, 0.05) is 21.8 Å². The maximum atomic E-state index is 12.0. The van der Waals surface area contributed by atoms with Gasteiger partial charge < -0.3 is 10.4 Å². The summed E-state index contributed by atoms with van der Waals surface area (Å²) >= 11 is 2.20. The van der Waals surface area contributed by atoms with Gasteiger partial charge in [-0.05, 0) is 59.2 Å². The number of carbonyl (C=O) groups is 1. The third kappa shape index (κ3) is 4.63. The second kappa shape index (κ2) is 6.96. The van der Waals surface area contributed by atoms with Gasteiger partial charge in [0.05, 0.1) is 0 Å². The molecule has 2 N–H and O–H groups in total. The highest BCUT2D eigenvalue weighted by atomic mass is 127. The highest BCUT2D eigenvalue weighted by Gasteiger charge is 2.16. The second-order valence-electron chi connectivity index (χ2n) is 4.34. The first-order chi connectivity index (χ1) is 8.04. The Kier molecular flexibility index (Phi) is 5.91. The van der Waals surface area contributed by atoms with E-state index in [1.165, 1.54) is 0 Å². The number of aliphatic hydroxyl groups excluding tert-OH is 1. The molecule has 0 aromatic heterocycles. The van der Waals surface area contributed by atoms with Crippen LogP contribution in [0.25, 0.3) is 0 Å². The molecule has 0 aliphatic carbocycles. The van der Waals surface area contributed by atoms with Crippen molar-refractivity contribution in [3.8, 4) is 0 Å². The summed E-state index contributed by atoms with van der Waals surface area (Å²) in [6.45, 7) is 4.17. The molecule has 0 fully saturated rings. The summed E-state index contributed by atoms with van der Waals surface area (Å²) in [6, 6.07) is 7.46. The summed E-state index contributed by atoms with van der Waals surface area (Å²) in [4.78, 5) is 12.0. The van der Waals surface area contributed by atoms with E-state index in [9.17, 15) is 4.79 Å². The summed E-state index contributed by atoms with van der Waals surface area (Å²) in [5.74, 6) is 0.239. The van der Waals surface area contributed by atoms with E-state index in [4.69, 9.17) is 5.11 Å². The normalized spacial score (nSPS) is 12.5. The van der Waals surface area contributed by atoms with Crippen LogP contribution in [0, 0.1) is 9.49 Å². The number of amides is 1. The standard InChI is InChI=1S/C13H18INO2/c1-9(2)12(7-8-16)15-13(17)10-3-5-11(14)6-4-10/h3-6,9,12,16H,7-8H2,1-2H3,(H,15,17). The molecule has 0 saturated carbocycles. The SMILES string of the molecule is CC(C)C(CCO)NC(=O)c1ccc(I)cc1. The van der Waals surface area contributed by atoms with Crippen molar-refractivity contribution < 1.29 is 9.90 Å². The fourth-order valence-electron chi connectivity index (χ4n) is 1.56. The molecule has 1 amide bonds. The Hall–Kier alpha value is -0.620. The van der Waals surface area contributed by atoms with Crippen molar-refractivity contribution in [2.24, 2.45) is 5.92 Å². The number of aliphatic hydroxyl groups is 1. The van der Waals surface area contributed by atoms with E-state index in [1.54, 1.807) is 0 Å². The van der Waals surface area contributed by atoms with Gasteiger partial charge in [0.25, 0.3) is 5.91 Å². The minimum Gasteiger partial charge on any atom is -0.396 e. The Labute approximate surface area is 116 Å². The molecule has 0 aliphatic heterocycles. The topological polar surface area (TPSA) is 49.3 Å². The number of benzene rings is 1. The zero-order valence-electron chi connectivity index (χ0n) is 10.1. The van der Waals surface area contributed by atoms with Crippen molar-refractivity contribution in [1.29, 1.82) is 0 Å². The van der Waals surface area contributed by atoms with Crippen LogP contribution in [0.1, 0.15) is 30.6 Å². The number of halogens is 1. The van der Waals surface area contributed by atoms with Gasteiger partial charge in [0.15, 0.2) is 0 Å². The molecule has 0 spiro atoms. The molecule has 1 unspecified atom stereocenters. The van der Waals surface area contributed by atoms with Crippen molar-refractivity contribution in [3.63, 3.8) is 0 Å². The van der Waals surface area contributed by atoms with Crippen LogP contribution in [0.3, 0.4) is 0 Å². The molecular weight excluding hydrogens is 329 g/mol. The lowest BCUT2D eigenvalue weighted by Gasteiger charge is -2.21. The van der Waals surface area contributed by atoms with Crippen molar-refractivity contribution in [1.82, 2.24) is 5.32 Å². The number of hydrogen-bond acceptors (Lipinski definition) is 2. The van der Waals surface area contributed by atoms with Crippen LogP contribution < -0.4 is 5.32 Å². The van der Waals surface area contributed by atoms with Crippen LogP contribution in [-0.2, 0) is 0 Å². The fraction of sp³-hybridized carbons (Fsp3) is 0.462. The van der Waals surface area contributed by atoms with Gasteiger partial charge in [-0.1, -0.05) is 13.8 Å². The van der Waals surface area contributed by atoms with Crippen molar-refractivity contribution in [2.45, 2.75) is 26.3 Å². The molecule has 0 radical (unpaired) electrons. The first kappa shape index (κ1) is 14.4. The summed E-state index contributed by atoms with van der Waals surface area (Å²) in [5.41, 5.74) is 0.661. The smallest absolute Gasteiger partial charge is 0.251 e. The molecule has 1 aromatic rings. The van der Waals surface area contributed by atoms with Gasteiger partial charge >= 0.3 is 0 Å². The average molecular weight is 347 g/mol. The highest BCUT2D eigenvalue weighted by molar-refractivity contribution is 14.1. The molecular formula is C13H18INO2. The second-order valence-corrected chi connectivity index (χ2v) is 5.59. The predicted octanol–water partition coefficient (Wildman–Crippen LogP) is 2.43. The summed E-state index contributed by atoms with van der Waals surface area (Å²) < 4.78 is 1.11. The number of carbonyl (C=O) groups excluding carboxylic acids is 1. The van der Waals surface area contributed by atoms with E-state index in [-0.39, 0.29) is 18.6 Å². The van der Waals surface area contributed by atoms with Crippen LogP contribution in [0.4, 0.5) is 0 Å². The molecule has 17 heavy (non-hydrogen) atoms. The molecule has 4 heteroatoms. The molecule has 0 saturated heterocycles. The number of nitrogens with one attached hydrogen (secondary N) is 1. The van der Waals surface area contributed by atoms with Crippen LogP contribution in [0.2, 0.25) is 0 Å². The largest absolute Gasteiger partial charge is 0.396 e. The molecule has 1 atom stereocenters. The van der Waals surface area contributed by atoms with Crippen LogP contribution in [0.5, 0.6) is 0 Å². The first-order valence-corrected chi connectivity index (χ1v) is 6.79. The van der Waals surface area contributed by atoms with Crippen LogP contribution in [-0.4, -0.2) is 23.7 Å². The Bertz CT molecular complexity index is 362. The lowest BCUT2D eigenvalue weighted by atomic mass is 10.0. The van der Waals surface area contributed by atoms with Gasteiger partial charge in [-0.25, -0.2) is 0 Å². The molecule has 0 heterocycles. The maximum Gasteiger partial charge on any atom is 0.251 e. The molecule has 0 bridgehead atoms. The van der Waals surface area contributed by atoms with Gasteiger partial charge in [-0.3, -0.25) is 4.79 Å². The van der Waals surface area contributed by atoms with Crippen molar-refractivity contribution >= 4 is 28.5 Å². The lowest BCUT2D eigenvalue weighted by molar-refractivity contribution is 0.0916. The third-order valence-corrected chi connectivity index (χ3v) is 3.39. The predicted molar refractivity (Wildman–Crippen MR) is 77.0 cm³/mol. The van der Waals surface area contributed by atoms with E-state index in [0.29, 0.717) is 17.9 Å². The monoisotopic (exact) mass is 347 g/mol. The number of hydrogen-bond donors (Lipinski definition) is 2. The fourth-order valence-corrected chi connectivity index (χ4v) is 1.92. The number of rotatable bonds is 5. The van der Waals surface area contributed by atoms with Crippen molar-refractivity contribution in [3.05, 3.63) is 33.4 Å². The van der Waals surface area contributed by atoms with Gasteiger partial charge in [0.1, 0.15) is 0 Å². The quantitative estimate of drug-likeness (QED) is 0.804. The zero-order valence-corrected chi connectivity index (χ0v) is 12.3. The Morgan fingerprint density at radius 2 is 1.94 bits per heavy atom. The Morgan fingerprint density at radius 3 is 2.41 bits per heavy atom. The van der Waals surface area contributed by atoms with Gasteiger partial charge in [0.2, 0.25) is 0 Å². The van der Waals surface area contributed by atoms with E-state index in [0.717, 1.165) is 3.57 Å². The van der Waals surface area contributed by atoms with Crippen molar-refractivity contribution in [2.75, 3.05) is 6.61 Å². The summed E-state index contributed by atoms with van der Waals surface area (Å²) in [7, 11) is 0. The zero-order chi connectivity index (χ0) is 12.8. The van der Waals surface area contributed by atoms with E-state index < -0.39 is 0 Å². The Balaban J connectivity index is 2.66. The van der Waals surface area contributed by atoms with E-state index in [2.05, 4.69) is 27.9 Å². The van der Waals surface area contributed by atoms with Crippen LogP contribution in [0.15, 0.2) is 24.3 Å². The minimum absolute atomic E-state index is 0.0202. The van der Waals surface area contributed by atoms with E-state index in [1.807, 2.05) is 38.1 Å². The highest BCUT2D eigenvalue weighted by Crippen LogP contribution is 2.10. The summed E-state index contributed by atoms with van der Waals surface area (Å²) in [5, 5.41) is 11.9. The third-order valence-electron chi connectivity index (χ3n) is 2.67. The van der Waals surface area contributed by atoms with Gasteiger partial charge in [-0.2, -0.15) is 0 Å². The Morgan fingerprint density at radius 1 is 1.35 bits per heavy atom. The first-order valence-electron chi connectivity index (χ1n) is 5.72. The average Bonchev–Trinajstić information content (AvgIpc) is 2.29. The summed E-state index contributed by atoms with van der Waals surface area (Å²) in [6.07, 6.45) is 0.591. The molecule has 1 rings (SSSR count). The lowest BCUT2D eigenvalue weighted by Crippen LogP contribution is -2.39. The van der Waals surface area contributed by atoms with Gasteiger partial charge in [-0.15, -0.1) is 0 Å². The minimum atomic E-state index is -0.0754. The molecule has 0 aliphatic rings. The molecule has 94 valence electrons. The van der Waals surface area contributed by atoms with Crippen LogP contribution >= 0.6 is 22.6 Å². The maximum absolute atomic E-state index is 12.0. The molecule has 1 aromatic carbocycles. The van der Waals surface area contributed by atoms with E-state index >= 15 is 0 Å². The molecule has 3 nitrogen and oxygen atoms in total.